The molecular formula is C18H32N2O. The minimum atomic E-state index is -0.123. The van der Waals surface area contributed by atoms with Gasteiger partial charge in [-0.1, -0.05) is 57.8 Å². The Hall–Kier alpha value is -1.06. The third-order valence-corrected chi connectivity index (χ3v) is 3.90. The Labute approximate surface area is 131 Å². The van der Waals surface area contributed by atoms with E-state index in [0.717, 1.165) is 44.9 Å². The number of nitrogens with zero attached hydrogens (tertiary/aromatic N) is 2. The van der Waals surface area contributed by atoms with E-state index in [1.807, 2.05) is 0 Å². The van der Waals surface area contributed by atoms with Gasteiger partial charge in [0, 0.05) is 12.8 Å². The summed E-state index contributed by atoms with van der Waals surface area (Å²) in [5.74, 6) is 0. The molecule has 3 nitrogen and oxygen atoms in total. The Morgan fingerprint density at radius 3 is 1.29 bits per heavy atom. The Balaban J connectivity index is 3.15. The summed E-state index contributed by atoms with van der Waals surface area (Å²) in [6.45, 7) is 0. The van der Waals surface area contributed by atoms with Crippen molar-refractivity contribution < 1.29 is 5.11 Å². The fourth-order valence-electron chi connectivity index (χ4n) is 2.55. The van der Waals surface area contributed by atoms with Gasteiger partial charge in [0.15, 0.2) is 0 Å². The summed E-state index contributed by atoms with van der Waals surface area (Å²) in [5, 5.41) is 26.7. The molecule has 0 bridgehead atoms. The number of aliphatic hydroxyl groups excluding tert-OH is 1. The largest absolute Gasteiger partial charge is 0.393 e. The molecule has 0 aliphatic carbocycles. The van der Waals surface area contributed by atoms with E-state index in [-0.39, 0.29) is 6.10 Å². The first-order valence-corrected chi connectivity index (χ1v) is 8.73. The smallest absolute Gasteiger partial charge is 0.0621 e. The van der Waals surface area contributed by atoms with Crippen LogP contribution in [0, 0.1) is 22.7 Å². The Bertz CT molecular complexity index is 291. The first kappa shape index (κ1) is 19.9. The molecule has 0 rings (SSSR count). The molecule has 0 saturated carbocycles. The quantitative estimate of drug-likeness (QED) is 0.419. The van der Waals surface area contributed by atoms with Crippen LogP contribution in [-0.2, 0) is 0 Å². The minimum Gasteiger partial charge on any atom is -0.393 e. The first-order valence-electron chi connectivity index (χ1n) is 8.73. The van der Waals surface area contributed by atoms with Crippen molar-refractivity contribution in [1.82, 2.24) is 0 Å². The summed E-state index contributed by atoms with van der Waals surface area (Å²) in [6, 6.07) is 4.35. The second kappa shape index (κ2) is 17.0. The molecule has 0 aromatic carbocycles. The number of rotatable bonds is 15. The highest BCUT2D eigenvalue weighted by Gasteiger charge is 2.03. The van der Waals surface area contributed by atoms with Crippen molar-refractivity contribution >= 4 is 0 Å². The van der Waals surface area contributed by atoms with Crippen LogP contribution >= 0.6 is 0 Å². The molecule has 0 fully saturated rings. The van der Waals surface area contributed by atoms with Gasteiger partial charge in [0.1, 0.15) is 0 Å². The van der Waals surface area contributed by atoms with Crippen LogP contribution < -0.4 is 0 Å². The third kappa shape index (κ3) is 16.9. The van der Waals surface area contributed by atoms with Gasteiger partial charge in [0.2, 0.25) is 0 Å². The van der Waals surface area contributed by atoms with Crippen LogP contribution in [0.25, 0.3) is 0 Å². The van der Waals surface area contributed by atoms with E-state index in [1.54, 1.807) is 0 Å². The van der Waals surface area contributed by atoms with E-state index in [9.17, 15) is 5.11 Å². The number of hydrogen-bond acceptors (Lipinski definition) is 3. The summed E-state index contributed by atoms with van der Waals surface area (Å²) < 4.78 is 0. The van der Waals surface area contributed by atoms with Crippen LogP contribution in [0.4, 0.5) is 0 Å². The van der Waals surface area contributed by atoms with Crippen LogP contribution in [0.5, 0.6) is 0 Å². The zero-order valence-electron chi connectivity index (χ0n) is 13.5. The monoisotopic (exact) mass is 292 g/mol. The fourth-order valence-corrected chi connectivity index (χ4v) is 2.55. The fraction of sp³-hybridized carbons (Fsp3) is 0.889. The van der Waals surface area contributed by atoms with Crippen molar-refractivity contribution in [3.63, 3.8) is 0 Å². The Morgan fingerprint density at radius 1 is 0.571 bits per heavy atom. The maximum Gasteiger partial charge on any atom is 0.0621 e. The molecule has 0 heterocycles. The molecular weight excluding hydrogens is 260 g/mol. The predicted octanol–water partition coefficient (Wildman–Crippen LogP) is 5.25. The van der Waals surface area contributed by atoms with Crippen LogP contribution in [0.2, 0.25) is 0 Å². The second-order valence-corrected chi connectivity index (χ2v) is 5.94. The number of aliphatic hydroxyl groups is 1. The lowest BCUT2D eigenvalue weighted by Crippen LogP contribution is -2.05. The van der Waals surface area contributed by atoms with Gasteiger partial charge in [-0.25, -0.2) is 0 Å². The number of unbranched alkanes of at least 4 members (excludes halogenated alkanes) is 11. The maximum atomic E-state index is 9.88. The molecule has 0 spiro atoms. The highest BCUT2D eigenvalue weighted by Crippen LogP contribution is 2.14. The molecule has 0 amide bonds. The third-order valence-electron chi connectivity index (χ3n) is 3.90. The number of nitriles is 2. The lowest BCUT2D eigenvalue weighted by Gasteiger charge is -2.10. The molecule has 0 aliphatic heterocycles. The zero-order valence-corrected chi connectivity index (χ0v) is 13.5. The van der Waals surface area contributed by atoms with Crippen molar-refractivity contribution in [2.75, 3.05) is 0 Å². The van der Waals surface area contributed by atoms with Gasteiger partial charge in [-0.15, -0.1) is 0 Å². The predicted molar refractivity (Wildman–Crippen MR) is 86.5 cm³/mol. The van der Waals surface area contributed by atoms with Gasteiger partial charge in [0.05, 0.1) is 18.2 Å². The molecule has 0 saturated heterocycles. The number of hydrogen-bond donors (Lipinski definition) is 1. The zero-order chi connectivity index (χ0) is 15.6. The van der Waals surface area contributed by atoms with Crippen LogP contribution in [0.1, 0.15) is 96.3 Å². The van der Waals surface area contributed by atoms with E-state index in [2.05, 4.69) is 12.1 Å². The van der Waals surface area contributed by atoms with E-state index in [0.29, 0.717) is 12.8 Å². The Kier molecular flexibility index (Phi) is 16.1. The summed E-state index contributed by atoms with van der Waals surface area (Å²) in [5.41, 5.74) is 0. The topological polar surface area (TPSA) is 67.8 Å². The maximum absolute atomic E-state index is 9.88. The molecule has 21 heavy (non-hydrogen) atoms. The molecule has 120 valence electrons. The Morgan fingerprint density at radius 2 is 0.905 bits per heavy atom. The van der Waals surface area contributed by atoms with Gasteiger partial charge in [-0.05, 0) is 25.7 Å². The molecule has 0 radical (unpaired) electrons. The summed E-state index contributed by atoms with van der Waals surface area (Å²) in [6.07, 6.45) is 15.8. The minimum absolute atomic E-state index is 0.123. The van der Waals surface area contributed by atoms with Crippen molar-refractivity contribution in [2.45, 2.75) is 102 Å². The highest BCUT2D eigenvalue weighted by molar-refractivity contribution is 4.68. The average Bonchev–Trinajstić information content (AvgIpc) is 2.49. The highest BCUT2D eigenvalue weighted by atomic mass is 16.3. The van der Waals surface area contributed by atoms with Crippen LogP contribution in [0.3, 0.4) is 0 Å². The van der Waals surface area contributed by atoms with Crippen molar-refractivity contribution in [3.8, 4) is 12.1 Å². The summed E-state index contributed by atoms with van der Waals surface area (Å²) in [4.78, 5) is 0. The first-order chi connectivity index (χ1) is 10.3. The van der Waals surface area contributed by atoms with Gasteiger partial charge in [-0.3, -0.25) is 0 Å². The lowest BCUT2D eigenvalue weighted by molar-refractivity contribution is 0.147. The van der Waals surface area contributed by atoms with Crippen molar-refractivity contribution in [1.29, 1.82) is 10.5 Å². The average molecular weight is 292 g/mol. The standard InChI is InChI=1S/C18H32N2O/c19-16-12-8-4-1-2-6-10-14-18(21)15-11-7-3-5-9-13-17-20/h18,21H,1-15H2/t18-/m0/s1. The van der Waals surface area contributed by atoms with Crippen molar-refractivity contribution in [3.05, 3.63) is 0 Å². The van der Waals surface area contributed by atoms with Gasteiger partial charge < -0.3 is 5.11 Å². The summed E-state index contributed by atoms with van der Waals surface area (Å²) in [7, 11) is 0. The lowest BCUT2D eigenvalue weighted by atomic mass is 10.0. The second-order valence-electron chi connectivity index (χ2n) is 5.94. The van der Waals surface area contributed by atoms with Gasteiger partial charge in [-0.2, -0.15) is 10.5 Å². The summed E-state index contributed by atoms with van der Waals surface area (Å²) >= 11 is 0. The molecule has 3 heteroatoms. The SMILES string of the molecule is N#CCCCCCCCC[C@H](O)CCCCCCCC#N. The molecule has 0 aliphatic rings. The molecule has 0 unspecified atom stereocenters. The van der Waals surface area contributed by atoms with E-state index in [4.69, 9.17) is 10.5 Å². The van der Waals surface area contributed by atoms with Crippen LogP contribution in [-0.4, -0.2) is 11.2 Å². The normalized spacial score (nSPS) is 11.8. The van der Waals surface area contributed by atoms with Gasteiger partial charge >= 0.3 is 0 Å². The van der Waals surface area contributed by atoms with E-state index in [1.165, 1.54) is 38.5 Å². The van der Waals surface area contributed by atoms with E-state index >= 15 is 0 Å². The molecule has 1 N–H and O–H groups in total. The molecule has 0 aromatic heterocycles. The van der Waals surface area contributed by atoms with E-state index < -0.39 is 0 Å². The van der Waals surface area contributed by atoms with Crippen molar-refractivity contribution in [2.24, 2.45) is 0 Å². The molecule has 0 aromatic rings. The van der Waals surface area contributed by atoms with Gasteiger partial charge in [0.25, 0.3) is 0 Å². The van der Waals surface area contributed by atoms with Crippen LogP contribution in [0.15, 0.2) is 0 Å². The molecule has 1 atom stereocenters.